The maximum absolute atomic E-state index is 14.3. The third-order valence-electron chi connectivity index (χ3n) is 9.12. The minimum atomic E-state index is -2.40. The van der Waals surface area contributed by atoms with Crippen LogP contribution < -0.4 is 0 Å². The largest absolute Gasteiger partial charge is 0.356 e. The molecule has 6 nitrogen and oxygen atoms in total. The van der Waals surface area contributed by atoms with Gasteiger partial charge in [-0.3, -0.25) is 14.6 Å². The van der Waals surface area contributed by atoms with E-state index in [-0.39, 0.29) is 22.4 Å². The lowest BCUT2D eigenvalue weighted by atomic mass is 9.84. The van der Waals surface area contributed by atoms with Gasteiger partial charge < -0.3 is 8.97 Å². The summed E-state index contributed by atoms with van der Waals surface area (Å²) in [7, 11) is -2.40. The molecule has 1 aliphatic rings. The van der Waals surface area contributed by atoms with E-state index < -0.39 is 24.3 Å². The number of benzene rings is 3. The van der Waals surface area contributed by atoms with Gasteiger partial charge in [0.05, 0.1) is 16.3 Å². The highest BCUT2D eigenvalue weighted by Crippen LogP contribution is 2.57. The van der Waals surface area contributed by atoms with E-state index in [0.717, 1.165) is 16.7 Å². The summed E-state index contributed by atoms with van der Waals surface area (Å²) in [6, 6.07) is 31.3. The zero-order valence-corrected chi connectivity index (χ0v) is 27.0. The van der Waals surface area contributed by atoms with E-state index in [1.54, 1.807) is 40.9 Å². The summed E-state index contributed by atoms with van der Waals surface area (Å²) >= 11 is 1.70. The molecule has 2 aromatic heterocycles. The molecule has 0 spiro atoms. The normalized spacial score (nSPS) is 17.6. The van der Waals surface area contributed by atoms with E-state index in [1.807, 2.05) is 18.2 Å². The highest BCUT2D eigenvalue weighted by atomic mass is 32.2. The first-order valence-corrected chi connectivity index (χ1v) is 18.4. The Bertz CT molecular complexity index is 1640. The third-order valence-corrected chi connectivity index (χ3v) is 16.5. The fraction of sp³-hybridized carbons (Fsp3) is 0.257. The number of thioether (sulfide) groups is 1. The van der Waals surface area contributed by atoms with Gasteiger partial charge in [-0.1, -0.05) is 125 Å². The average Bonchev–Trinajstić information content (AvgIpc) is 3.45. The Morgan fingerprint density at radius 2 is 1.35 bits per heavy atom. The van der Waals surface area contributed by atoms with E-state index in [4.69, 9.17) is 0 Å². The number of hydrogen-bond acceptors (Lipinski definition) is 5. The van der Waals surface area contributed by atoms with Crippen LogP contribution in [0.4, 0.5) is 0 Å². The summed E-state index contributed by atoms with van der Waals surface area (Å²) in [5.74, 6) is -1.20. The van der Waals surface area contributed by atoms with Gasteiger partial charge in [0.1, 0.15) is 11.6 Å². The van der Waals surface area contributed by atoms with Gasteiger partial charge in [-0.2, -0.15) is 0 Å². The molecule has 0 saturated carbocycles. The van der Waals surface area contributed by atoms with Crippen molar-refractivity contribution in [1.29, 1.82) is 0 Å². The summed E-state index contributed by atoms with van der Waals surface area (Å²) in [5.41, 5.74) is 4.15. The van der Waals surface area contributed by atoms with E-state index in [2.05, 4.69) is 121 Å². The monoisotopic (exact) mass is 604 g/mol. The first-order valence-electron chi connectivity index (χ1n) is 14.6. The lowest BCUT2D eigenvalue weighted by Gasteiger charge is -2.59. The Morgan fingerprint density at radius 1 is 0.837 bits per heavy atom. The van der Waals surface area contributed by atoms with Crippen LogP contribution in [0.15, 0.2) is 116 Å². The van der Waals surface area contributed by atoms with Crippen molar-refractivity contribution in [2.45, 2.75) is 49.0 Å². The zero-order valence-electron chi connectivity index (χ0n) is 25.1. The van der Waals surface area contributed by atoms with Crippen LogP contribution in [0.25, 0.3) is 5.65 Å². The van der Waals surface area contributed by atoms with Gasteiger partial charge in [-0.15, -0.1) is 11.8 Å². The smallest absolute Gasteiger partial charge is 0.229 e. The first-order chi connectivity index (χ1) is 20.6. The molecule has 2 unspecified atom stereocenters. The molecule has 6 rings (SSSR count). The molecule has 0 bridgehead atoms. The minimum absolute atomic E-state index is 0.104. The molecule has 0 N–H and O–H groups in total. The number of amides is 1. The number of aromatic nitrogens is 3. The van der Waals surface area contributed by atoms with Crippen LogP contribution in [-0.2, 0) is 9.54 Å². The summed E-state index contributed by atoms with van der Waals surface area (Å²) in [6.45, 7) is 11.1. The van der Waals surface area contributed by atoms with Gasteiger partial charge in [-0.25, -0.2) is 4.98 Å². The maximum Gasteiger partial charge on any atom is 0.229 e. The molecule has 0 aliphatic carbocycles. The van der Waals surface area contributed by atoms with Gasteiger partial charge >= 0.3 is 0 Å². The molecule has 0 radical (unpaired) electrons. The van der Waals surface area contributed by atoms with Gasteiger partial charge in [0.15, 0.2) is 19.7 Å². The Hall–Kier alpha value is -4.01. The lowest BCUT2D eigenvalue weighted by Crippen LogP contribution is -2.73. The van der Waals surface area contributed by atoms with Gasteiger partial charge in [0, 0.05) is 18.6 Å². The second-order valence-corrected chi connectivity index (χ2v) is 19.0. The third kappa shape index (κ3) is 4.82. The predicted molar refractivity (Wildman–Crippen MR) is 175 cm³/mol. The molecule has 43 heavy (non-hydrogen) atoms. The summed E-state index contributed by atoms with van der Waals surface area (Å²) < 4.78 is 3.18. The topological polar surface area (TPSA) is 67.6 Å². The number of fused-ring (bicyclic) bond motifs is 1. The molecule has 3 aromatic carbocycles. The van der Waals surface area contributed by atoms with Crippen LogP contribution in [0, 0.1) is 5.92 Å². The van der Waals surface area contributed by atoms with Crippen LogP contribution in [0.1, 0.15) is 48.0 Å². The Labute approximate surface area is 258 Å². The lowest BCUT2D eigenvalue weighted by molar-refractivity contribution is -0.140. The van der Waals surface area contributed by atoms with Crippen LogP contribution in [0.5, 0.6) is 0 Å². The van der Waals surface area contributed by atoms with Crippen LogP contribution in [-0.4, -0.2) is 44.2 Å². The van der Waals surface area contributed by atoms with Gasteiger partial charge in [0.25, 0.3) is 0 Å². The molecular weight excluding hydrogens is 569 g/mol. The second kappa shape index (κ2) is 10.9. The second-order valence-electron chi connectivity index (χ2n) is 12.6. The number of rotatable bonds is 8. The molecule has 3 heterocycles. The highest BCUT2D eigenvalue weighted by Gasteiger charge is 2.62. The van der Waals surface area contributed by atoms with Gasteiger partial charge in [-0.05, 0) is 21.7 Å². The number of carbonyl (C=O) groups is 2. The molecule has 218 valence electrons. The Morgan fingerprint density at radius 3 is 1.81 bits per heavy atom. The highest BCUT2D eigenvalue weighted by molar-refractivity contribution is 8.01. The van der Waals surface area contributed by atoms with Crippen LogP contribution in [0.2, 0.25) is 18.1 Å². The standard InChI is InChI=1S/C35H36N4O2SSi/c1-34(2,3)43(4,5)39-32(41)30(31(40)28-24-38-22-21-36-23-29(38)37-28)33(39)42-35(25-15-9-6-10-16-25,26-17-11-7-12-18-26)27-19-13-8-14-20-27/h6-24,30,33H,1-5H3. The van der Waals surface area contributed by atoms with E-state index in [1.165, 1.54) is 0 Å². The predicted octanol–water partition coefficient (Wildman–Crippen LogP) is 7.43. The van der Waals surface area contributed by atoms with E-state index in [0.29, 0.717) is 5.65 Å². The number of hydrogen-bond donors (Lipinski definition) is 0. The van der Waals surface area contributed by atoms with Crippen molar-refractivity contribution < 1.29 is 9.59 Å². The van der Waals surface area contributed by atoms with Crippen molar-refractivity contribution in [1.82, 2.24) is 18.9 Å². The first kappa shape index (κ1) is 29.1. The molecule has 1 aliphatic heterocycles. The van der Waals surface area contributed by atoms with Crippen LogP contribution in [0.3, 0.4) is 0 Å². The molecular formula is C35H36N4O2SSi. The van der Waals surface area contributed by atoms with Crippen LogP contribution >= 0.6 is 11.8 Å². The SMILES string of the molecule is CC(C)(C)[Si](C)(C)N1C(=O)C(C(=O)c2cn3ccncc3n2)C1SC(c1ccccc1)(c1ccccc1)c1ccccc1. The fourth-order valence-electron chi connectivity index (χ4n) is 5.81. The molecule has 1 amide bonds. The number of β-lactam (4-membered cyclic amide) rings is 1. The average molecular weight is 605 g/mol. The van der Waals surface area contributed by atoms with E-state index >= 15 is 0 Å². The van der Waals surface area contributed by atoms with Gasteiger partial charge in [0.2, 0.25) is 5.91 Å². The molecule has 8 heteroatoms. The molecule has 1 fully saturated rings. The van der Waals surface area contributed by atoms with Crippen molar-refractivity contribution in [3.8, 4) is 0 Å². The summed E-state index contributed by atoms with van der Waals surface area (Å²) in [5, 5.41) is -0.511. The number of Topliss-reactive ketones (excluding diaryl/α,β-unsaturated/α-hetero) is 1. The maximum atomic E-state index is 14.3. The summed E-state index contributed by atoms with van der Waals surface area (Å²) in [4.78, 5) is 37.3. The zero-order chi connectivity index (χ0) is 30.4. The van der Waals surface area contributed by atoms with Crippen molar-refractivity contribution in [2.75, 3.05) is 0 Å². The number of ketones is 1. The number of carbonyl (C=O) groups excluding carboxylic acids is 2. The van der Waals surface area contributed by atoms with E-state index in [9.17, 15) is 9.59 Å². The Balaban J connectivity index is 1.55. The molecule has 5 aromatic rings. The minimum Gasteiger partial charge on any atom is -0.356 e. The van der Waals surface area contributed by atoms with Crippen molar-refractivity contribution in [2.24, 2.45) is 5.92 Å². The molecule has 1 saturated heterocycles. The molecule has 2 atom stereocenters. The Kier molecular flexibility index (Phi) is 7.38. The quantitative estimate of drug-likeness (QED) is 0.0606. The fourth-order valence-corrected chi connectivity index (χ4v) is 10.7. The van der Waals surface area contributed by atoms with Crippen molar-refractivity contribution >= 4 is 37.3 Å². The van der Waals surface area contributed by atoms with Crippen molar-refractivity contribution in [3.63, 3.8) is 0 Å². The summed E-state index contributed by atoms with van der Waals surface area (Å²) in [6.07, 6.45) is 6.76. The number of nitrogens with zero attached hydrogens (tertiary/aromatic N) is 4. The van der Waals surface area contributed by atoms with Crippen molar-refractivity contribution in [3.05, 3.63) is 138 Å². The number of imidazole rings is 1.